The molecule has 6 nitrogen and oxygen atoms in total. The van der Waals surface area contributed by atoms with Crippen LogP contribution < -0.4 is 4.74 Å². The molecule has 0 saturated carbocycles. The molecule has 1 saturated heterocycles. The standard InChI is InChI=1S/C22H22F3N3O3/c1-14-26-27-19(30-14)15-5-4-6-17(11-15)21(29,20(2)12-28(3)13-20)16-7-9-18(10-8-16)31-22(23,24)25/h4-11,29H,12-13H2,1-3H3. The maximum atomic E-state index is 12.5. The van der Waals surface area contributed by atoms with E-state index in [1.807, 2.05) is 14.0 Å². The Bertz CT molecular complexity index is 1080. The second-order valence-electron chi connectivity index (χ2n) is 8.22. The normalized spacial score (nSPS) is 18.3. The highest BCUT2D eigenvalue weighted by molar-refractivity contribution is 5.56. The highest BCUT2D eigenvalue weighted by atomic mass is 19.4. The van der Waals surface area contributed by atoms with E-state index in [4.69, 9.17) is 4.42 Å². The SMILES string of the molecule is Cc1nnc(-c2cccc(C(O)(c3ccc(OC(F)(F)F)cc3)C3(C)CN(C)C3)c2)o1. The highest BCUT2D eigenvalue weighted by Gasteiger charge is 2.55. The molecule has 3 aromatic rings. The first-order chi connectivity index (χ1) is 14.5. The van der Waals surface area contributed by atoms with Crippen molar-refractivity contribution in [1.82, 2.24) is 15.1 Å². The maximum Gasteiger partial charge on any atom is 0.573 e. The first-order valence-electron chi connectivity index (χ1n) is 9.68. The van der Waals surface area contributed by atoms with Gasteiger partial charge in [0.05, 0.1) is 0 Å². The van der Waals surface area contributed by atoms with Gasteiger partial charge in [-0.25, -0.2) is 0 Å². The van der Waals surface area contributed by atoms with Crippen LogP contribution >= 0.6 is 0 Å². The van der Waals surface area contributed by atoms with Crippen LogP contribution in [0, 0.1) is 12.3 Å². The molecule has 1 aliphatic rings. The van der Waals surface area contributed by atoms with Crippen LogP contribution in [0.4, 0.5) is 13.2 Å². The summed E-state index contributed by atoms with van der Waals surface area (Å²) >= 11 is 0. The Labute approximate surface area is 177 Å². The molecule has 1 unspecified atom stereocenters. The Morgan fingerprint density at radius 2 is 1.74 bits per heavy atom. The van der Waals surface area contributed by atoms with Gasteiger partial charge in [-0.15, -0.1) is 23.4 Å². The van der Waals surface area contributed by atoms with Crippen molar-refractivity contribution in [2.24, 2.45) is 5.41 Å². The molecule has 31 heavy (non-hydrogen) atoms. The summed E-state index contributed by atoms with van der Waals surface area (Å²) in [6, 6.07) is 12.5. The van der Waals surface area contributed by atoms with E-state index in [0.717, 1.165) is 0 Å². The largest absolute Gasteiger partial charge is 0.573 e. The fourth-order valence-corrected chi connectivity index (χ4v) is 4.43. The molecular weight excluding hydrogens is 411 g/mol. The molecule has 0 aliphatic carbocycles. The van der Waals surface area contributed by atoms with E-state index in [1.165, 1.54) is 24.3 Å². The van der Waals surface area contributed by atoms with E-state index in [-0.39, 0.29) is 5.75 Å². The predicted octanol–water partition coefficient (Wildman–Crippen LogP) is 4.13. The van der Waals surface area contributed by atoms with Crippen LogP contribution in [0.15, 0.2) is 52.9 Å². The van der Waals surface area contributed by atoms with E-state index in [9.17, 15) is 18.3 Å². The van der Waals surface area contributed by atoms with Crippen molar-refractivity contribution in [3.8, 4) is 17.2 Å². The number of hydrogen-bond donors (Lipinski definition) is 1. The van der Waals surface area contributed by atoms with E-state index in [1.54, 1.807) is 31.2 Å². The zero-order valence-electron chi connectivity index (χ0n) is 17.3. The zero-order chi connectivity index (χ0) is 22.4. The van der Waals surface area contributed by atoms with Crippen molar-refractivity contribution < 1.29 is 27.4 Å². The van der Waals surface area contributed by atoms with Crippen molar-refractivity contribution in [1.29, 1.82) is 0 Å². The highest BCUT2D eigenvalue weighted by Crippen LogP contribution is 2.50. The van der Waals surface area contributed by atoms with E-state index in [2.05, 4.69) is 19.8 Å². The van der Waals surface area contributed by atoms with E-state index >= 15 is 0 Å². The minimum Gasteiger partial charge on any atom is -0.421 e. The van der Waals surface area contributed by atoms with Crippen LogP contribution in [-0.4, -0.2) is 46.7 Å². The van der Waals surface area contributed by atoms with Gasteiger partial charge < -0.3 is 19.2 Å². The molecule has 9 heteroatoms. The lowest BCUT2D eigenvalue weighted by Gasteiger charge is -2.56. The first kappa shape index (κ1) is 21.3. The summed E-state index contributed by atoms with van der Waals surface area (Å²) in [6.07, 6.45) is -4.78. The summed E-state index contributed by atoms with van der Waals surface area (Å²) in [5.74, 6) is 0.402. The summed E-state index contributed by atoms with van der Waals surface area (Å²) in [5, 5.41) is 20.0. The minimum atomic E-state index is -4.78. The number of ether oxygens (including phenoxy) is 1. The summed E-state index contributed by atoms with van der Waals surface area (Å²) in [4.78, 5) is 2.07. The Morgan fingerprint density at radius 1 is 1.06 bits per heavy atom. The average Bonchev–Trinajstić information content (AvgIpc) is 3.12. The third-order valence-corrected chi connectivity index (χ3v) is 5.67. The fraction of sp³-hybridized carbons (Fsp3) is 0.364. The minimum absolute atomic E-state index is 0.325. The summed E-state index contributed by atoms with van der Waals surface area (Å²) in [6.45, 7) is 4.85. The summed E-state index contributed by atoms with van der Waals surface area (Å²) < 4.78 is 47.1. The molecule has 1 N–H and O–H groups in total. The summed E-state index contributed by atoms with van der Waals surface area (Å²) in [7, 11) is 1.94. The molecule has 2 heterocycles. The number of likely N-dealkylation sites (tertiary alicyclic amines) is 1. The van der Waals surface area contributed by atoms with Crippen molar-refractivity contribution in [3.63, 3.8) is 0 Å². The van der Waals surface area contributed by atoms with Crippen molar-refractivity contribution in [3.05, 3.63) is 65.5 Å². The molecule has 2 aromatic carbocycles. The van der Waals surface area contributed by atoms with Gasteiger partial charge in [-0.05, 0) is 42.4 Å². The smallest absolute Gasteiger partial charge is 0.421 e. The van der Waals surface area contributed by atoms with Gasteiger partial charge in [0.25, 0.3) is 0 Å². The van der Waals surface area contributed by atoms with Crippen LogP contribution in [-0.2, 0) is 5.60 Å². The summed E-state index contributed by atoms with van der Waals surface area (Å²) in [5.41, 5.74) is -0.346. The predicted molar refractivity (Wildman–Crippen MR) is 106 cm³/mol. The Hall–Kier alpha value is -2.91. The molecule has 0 bridgehead atoms. The van der Waals surface area contributed by atoms with Crippen molar-refractivity contribution >= 4 is 0 Å². The van der Waals surface area contributed by atoms with Gasteiger partial charge >= 0.3 is 6.36 Å². The number of aromatic nitrogens is 2. The van der Waals surface area contributed by atoms with Crippen molar-refractivity contribution in [2.45, 2.75) is 25.8 Å². The second kappa shape index (κ2) is 7.35. The Balaban J connectivity index is 1.78. The van der Waals surface area contributed by atoms with E-state index in [0.29, 0.717) is 41.6 Å². The number of benzene rings is 2. The molecule has 1 aliphatic heterocycles. The maximum absolute atomic E-state index is 12.5. The van der Waals surface area contributed by atoms with Gasteiger partial charge in [0.1, 0.15) is 11.4 Å². The number of nitrogens with zero attached hydrogens (tertiary/aromatic N) is 3. The van der Waals surface area contributed by atoms with Gasteiger partial charge in [0.15, 0.2) is 0 Å². The van der Waals surface area contributed by atoms with Gasteiger partial charge in [-0.1, -0.05) is 31.2 Å². The molecule has 1 aromatic heterocycles. The van der Waals surface area contributed by atoms with Gasteiger partial charge in [-0.2, -0.15) is 0 Å². The van der Waals surface area contributed by atoms with Crippen molar-refractivity contribution in [2.75, 3.05) is 20.1 Å². The number of aliphatic hydroxyl groups is 1. The topological polar surface area (TPSA) is 71.6 Å². The monoisotopic (exact) mass is 433 g/mol. The second-order valence-corrected chi connectivity index (χ2v) is 8.22. The van der Waals surface area contributed by atoms with Crippen LogP contribution in [0.1, 0.15) is 23.9 Å². The van der Waals surface area contributed by atoms with E-state index < -0.39 is 17.4 Å². The third kappa shape index (κ3) is 3.90. The molecule has 0 spiro atoms. The van der Waals surface area contributed by atoms with Crippen LogP contribution in [0.5, 0.6) is 5.75 Å². The van der Waals surface area contributed by atoms with Crippen LogP contribution in [0.25, 0.3) is 11.5 Å². The number of rotatable bonds is 5. The molecule has 1 atom stereocenters. The van der Waals surface area contributed by atoms with Gasteiger partial charge in [0.2, 0.25) is 11.8 Å². The number of aryl methyl sites for hydroxylation is 1. The van der Waals surface area contributed by atoms with Crippen LogP contribution in [0.2, 0.25) is 0 Å². The molecule has 4 rings (SSSR count). The Morgan fingerprint density at radius 3 is 2.29 bits per heavy atom. The zero-order valence-corrected chi connectivity index (χ0v) is 17.3. The first-order valence-corrected chi connectivity index (χ1v) is 9.68. The van der Waals surface area contributed by atoms with Gasteiger partial charge in [0, 0.05) is 31.0 Å². The molecule has 1 fully saturated rings. The number of hydrogen-bond acceptors (Lipinski definition) is 6. The fourth-order valence-electron chi connectivity index (χ4n) is 4.43. The lowest BCUT2D eigenvalue weighted by atomic mass is 9.62. The lowest BCUT2D eigenvalue weighted by Crippen LogP contribution is -2.63. The lowest BCUT2D eigenvalue weighted by molar-refractivity contribution is -0.274. The van der Waals surface area contributed by atoms with Gasteiger partial charge in [-0.3, -0.25) is 0 Å². The quantitative estimate of drug-likeness (QED) is 0.653. The Kier molecular flexibility index (Phi) is 5.06. The number of alkyl halides is 3. The average molecular weight is 433 g/mol. The molecular formula is C22H22F3N3O3. The molecule has 164 valence electrons. The third-order valence-electron chi connectivity index (χ3n) is 5.67. The molecule has 0 amide bonds. The molecule has 0 radical (unpaired) electrons. The number of halogens is 3. The van der Waals surface area contributed by atoms with Crippen LogP contribution in [0.3, 0.4) is 0 Å².